The molecule has 0 aliphatic rings. The molecule has 3 aromatic rings. The number of hydrogen-bond acceptors (Lipinski definition) is 7. The van der Waals surface area contributed by atoms with E-state index in [4.69, 9.17) is 4.74 Å². The van der Waals surface area contributed by atoms with Crippen LogP contribution in [0.1, 0.15) is 5.56 Å². The summed E-state index contributed by atoms with van der Waals surface area (Å²) in [7, 11) is 1.21. The minimum absolute atomic E-state index is 0.0354. The second-order valence-corrected chi connectivity index (χ2v) is 5.99. The number of carbonyl (C=O) groups is 1. The number of fused-ring (bicyclic) bond motifs is 1. The zero-order chi connectivity index (χ0) is 20.8. The lowest BCUT2D eigenvalue weighted by molar-refractivity contribution is -0.386. The lowest BCUT2D eigenvalue weighted by atomic mass is 10.1. The fourth-order valence-electron chi connectivity index (χ4n) is 2.84. The highest BCUT2D eigenvalue weighted by molar-refractivity contribution is 5.95. The first-order valence-corrected chi connectivity index (χ1v) is 8.59. The minimum atomic E-state index is -0.691. The third-order valence-electron chi connectivity index (χ3n) is 4.15. The molecule has 148 valence electrons. The first-order chi connectivity index (χ1) is 14.0. The Hall–Kier alpha value is -4.14. The smallest absolute Gasteiger partial charge is 0.323 e. The SMILES string of the molecule is COc1c(O)ccc(C=NNC(=O)CNc2cccc3ccccc23)c1[N+](=O)[O-]. The molecule has 0 bridgehead atoms. The van der Waals surface area contributed by atoms with Gasteiger partial charge in [-0.15, -0.1) is 0 Å². The second-order valence-electron chi connectivity index (χ2n) is 5.99. The molecule has 3 aromatic carbocycles. The van der Waals surface area contributed by atoms with Gasteiger partial charge in [0, 0.05) is 11.1 Å². The highest BCUT2D eigenvalue weighted by Gasteiger charge is 2.23. The maximum absolute atomic E-state index is 12.1. The number of hydrazone groups is 1. The van der Waals surface area contributed by atoms with Crippen LogP contribution in [-0.2, 0) is 4.79 Å². The van der Waals surface area contributed by atoms with Crippen LogP contribution in [0, 0.1) is 10.1 Å². The van der Waals surface area contributed by atoms with Gasteiger partial charge in [-0.2, -0.15) is 5.10 Å². The maximum Gasteiger partial charge on any atom is 0.323 e. The summed E-state index contributed by atoms with van der Waals surface area (Å²) in [5.74, 6) is -1.06. The number of ether oxygens (including phenoxy) is 1. The number of aromatic hydroxyl groups is 1. The van der Waals surface area contributed by atoms with Crippen molar-refractivity contribution < 1.29 is 19.6 Å². The molecule has 0 aromatic heterocycles. The molecular weight excluding hydrogens is 376 g/mol. The molecule has 0 spiro atoms. The number of phenolic OH excluding ortho intramolecular Hbond substituents is 1. The molecule has 0 aliphatic carbocycles. The van der Waals surface area contributed by atoms with Crippen LogP contribution in [0.25, 0.3) is 10.8 Å². The molecule has 1 amide bonds. The van der Waals surface area contributed by atoms with Gasteiger partial charge in [0.15, 0.2) is 5.75 Å². The molecule has 0 saturated heterocycles. The van der Waals surface area contributed by atoms with Crippen molar-refractivity contribution in [2.24, 2.45) is 5.10 Å². The third kappa shape index (κ3) is 4.41. The van der Waals surface area contributed by atoms with E-state index < -0.39 is 16.5 Å². The summed E-state index contributed by atoms with van der Waals surface area (Å²) < 4.78 is 4.88. The number of carbonyl (C=O) groups excluding carboxylic acids is 1. The minimum Gasteiger partial charge on any atom is -0.504 e. The van der Waals surface area contributed by atoms with E-state index in [0.717, 1.165) is 22.7 Å². The summed E-state index contributed by atoms with van der Waals surface area (Å²) in [6.07, 6.45) is 1.12. The Morgan fingerprint density at radius 3 is 2.72 bits per heavy atom. The predicted octanol–water partition coefficient (Wildman–Crippen LogP) is 3.02. The summed E-state index contributed by atoms with van der Waals surface area (Å²) in [4.78, 5) is 22.6. The van der Waals surface area contributed by atoms with Crippen LogP contribution in [0.4, 0.5) is 11.4 Å². The quantitative estimate of drug-likeness (QED) is 0.321. The Kier molecular flexibility index (Phi) is 5.88. The molecular formula is C20H18N4O5. The molecule has 0 saturated carbocycles. The van der Waals surface area contributed by atoms with Crippen molar-refractivity contribution in [1.82, 2.24) is 5.43 Å². The van der Waals surface area contributed by atoms with E-state index >= 15 is 0 Å². The van der Waals surface area contributed by atoms with Gasteiger partial charge in [-0.25, -0.2) is 5.43 Å². The molecule has 29 heavy (non-hydrogen) atoms. The molecule has 0 aliphatic heterocycles. The van der Waals surface area contributed by atoms with E-state index in [2.05, 4.69) is 15.8 Å². The Morgan fingerprint density at radius 1 is 1.21 bits per heavy atom. The number of amides is 1. The van der Waals surface area contributed by atoms with E-state index in [0.29, 0.717) is 0 Å². The second kappa shape index (κ2) is 8.70. The number of nitrogens with one attached hydrogen (secondary N) is 2. The van der Waals surface area contributed by atoms with Crippen LogP contribution in [0.3, 0.4) is 0 Å². The fourth-order valence-corrected chi connectivity index (χ4v) is 2.84. The molecule has 9 heteroatoms. The summed E-state index contributed by atoms with van der Waals surface area (Å²) in [6.45, 7) is -0.0354. The summed E-state index contributed by atoms with van der Waals surface area (Å²) >= 11 is 0. The van der Waals surface area contributed by atoms with Gasteiger partial charge in [0.2, 0.25) is 5.75 Å². The van der Waals surface area contributed by atoms with E-state index in [9.17, 15) is 20.0 Å². The van der Waals surface area contributed by atoms with E-state index in [1.54, 1.807) is 0 Å². The van der Waals surface area contributed by atoms with Crippen LogP contribution >= 0.6 is 0 Å². The number of nitro benzene ring substituents is 1. The average molecular weight is 394 g/mol. The number of hydrogen-bond donors (Lipinski definition) is 3. The zero-order valence-corrected chi connectivity index (χ0v) is 15.5. The number of rotatable bonds is 7. The van der Waals surface area contributed by atoms with Gasteiger partial charge in [0.1, 0.15) is 0 Å². The Balaban J connectivity index is 1.67. The number of nitrogens with zero attached hydrogens (tertiary/aromatic N) is 2. The lowest BCUT2D eigenvalue weighted by Gasteiger charge is -2.09. The average Bonchev–Trinajstić information content (AvgIpc) is 2.72. The Morgan fingerprint density at radius 2 is 1.97 bits per heavy atom. The topological polar surface area (TPSA) is 126 Å². The van der Waals surface area contributed by atoms with Crippen molar-refractivity contribution >= 4 is 34.3 Å². The van der Waals surface area contributed by atoms with Gasteiger partial charge in [-0.05, 0) is 23.6 Å². The van der Waals surface area contributed by atoms with Crippen molar-refractivity contribution in [2.75, 3.05) is 19.0 Å². The molecule has 0 heterocycles. The summed E-state index contributed by atoms with van der Waals surface area (Å²) in [5, 5.41) is 29.8. The van der Waals surface area contributed by atoms with Crippen molar-refractivity contribution in [1.29, 1.82) is 0 Å². The van der Waals surface area contributed by atoms with Crippen LogP contribution in [0.5, 0.6) is 11.5 Å². The zero-order valence-electron chi connectivity index (χ0n) is 15.5. The molecule has 3 N–H and O–H groups in total. The number of phenols is 1. The summed E-state index contributed by atoms with van der Waals surface area (Å²) in [6, 6.07) is 16.1. The number of anilines is 1. The fraction of sp³-hybridized carbons (Fsp3) is 0.100. The maximum atomic E-state index is 12.1. The molecule has 0 fully saturated rings. The highest BCUT2D eigenvalue weighted by Crippen LogP contribution is 2.37. The molecule has 3 rings (SSSR count). The molecule has 0 unspecified atom stereocenters. The van der Waals surface area contributed by atoms with Gasteiger partial charge in [0.05, 0.1) is 30.4 Å². The first kappa shape index (κ1) is 19.6. The van der Waals surface area contributed by atoms with Gasteiger partial charge in [-0.1, -0.05) is 36.4 Å². The third-order valence-corrected chi connectivity index (χ3v) is 4.15. The Bertz CT molecular complexity index is 1090. The summed E-state index contributed by atoms with van der Waals surface area (Å²) in [5.41, 5.74) is 2.75. The Labute approximate surface area is 165 Å². The standard InChI is InChI=1S/C20H18N4O5/c1-29-20-17(25)10-9-14(19(20)24(27)28)11-22-23-18(26)12-21-16-8-4-6-13-5-2-3-7-15(13)16/h2-11,21,25H,12H2,1H3,(H,23,26). The van der Waals surface area contributed by atoms with E-state index in [-0.39, 0.29) is 23.6 Å². The van der Waals surface area contributed by atoms with Crippen LogP contribution in [-0.4, -0.2) is 35.8 Å². The van der Waals surface area contributed by atoms with Gasteiger partial charge in [-0.3, -0.25) is 14.9 Å². The molecule has 0 radical (unpaired) electrons. The van der Waals surface area contributed by atoms with Crippen molar-refractivity contribution in [3.63, 3.8) is 0 Å². The number of benzene rings is 3. The van der Waals surface area contributed by atoms with Crippen molar-refractivity contribution in [3.8, 4) is 11.5 Å². The van der Waals surface area contributed by atoms with Crippen molar-refractivity contribution in [2.45, 2.75) is 0 Å². The van der Waals surface area contributed by atoms with Gasteiger partial charge >= 0.3 is 5.69 Å². The van der Waals surface area contributed by atoms with Crippen molar-refractivity contribution in [3.05, 3.63) is 70.3 Å². The van der Waals surface area contributed by atoms with Crippen LogP contribution in [0.15, 0.2) is 59.7 Å². The predicted molar refractivity (Wildman–Crippen MR) is 109 cm³/mol. The number of methoxy groups -OCH3 is 1. The van der Waals surface area contributed by atoms with Crippen LogP contribution in [0.2, 0.25) is 0 Å². The monoisotopic (exact) mass is 394 g/mol. The van der Waals surface area contributed by atoms with Crippen LogP contribution < -0.4 is 15.5 Å². The first-order valence-electron chi connectivity index (χ1n) is 8.59. The largest absolute Gasteiger partial charge is 0.504 e. The van der Waals surface area contributed by atoms with Gasteiger partial charge < -0.3 is 15.2 Å². The number of nitro groups is 1. The highest BCUT2D eigenvalue weighted by atomic mass is 16.6. The van der Waals surface area contributed by atoms with E-state index in [1.807, 2.05) is 42.5 Å². The normalized spacial score (nSPS) is 10.8. The van der Waals surface area contributed by atoms with Gasteiger partial charge in [0.25, 0.3) is 5.91 Å². The van der Waals surface area contributed by atoms with E-state index in [1.165, 1.54) is 19.2 Å². The molecule has 0 atom stereocenters. The molecule has 9 nitrogen and oxygen atoms in total. The lowest BCUT2D eigenvalue weighted by Crippen LogP contribution is -2.26.